The third kappa shape index (κ3) is 9.28. The summed E-state index contributed by atoms with van der Waals surface area (Å²) >= 11 is 0. The smallest absolute Gasteiger partial charge is 0.202 e. The van der Waals surface area contributed by atoms with Crippen LogP contribution in [-0.2, 0) is 0 Å². The van der Waals surface area contributed by atoms with E-state index in [4.69, 9.17) is 0 Å². The van der Waals surface area contributed by atoms with E-state index in [0.29, 0.717) is 12.8 Å². The van der Waals surface area contributed by atoms with Gasteiger partial charge in [-0.25, -0.2) is 8.78 Å². The van der Waals surface area contributed by atoms with E-state index in [-0.39, 0.29) is 16.5 Å². The molecule has 4 heteroatoms. The van der Waals surface area contributed by atoms with Gasteiger partial charge in [-0.3, -0.25) is 0 Å². The summed E-state index contributed by atoms with van der Waals surface area (Å²) in [6.45, 7) is 4.12. The molecule has 0 amide bonds. The number of rotatable bonds is 9. The monoisotopic (exact) mass is 243 g/mol. The summed E-state index contributed by atoms with van der Waals surface area (Å²) < 4.78 is 26.3. The van der Waals surface area contributed by atoms with Gasteiger partial charge in [0.1, 0.15) is 0 Å². The van der Waals surface area contributed by atoms with Gasteiger partial charge < -0.3 is 0 Å². The van der Waals surface area contributed by atoms with Gasteiger partial charge in [0.15, 0.2) is 5.91 Å². The summed E-state index contributed by atoms with van der Waals surface area (Å²) in [5.74, 6) is -1.40. The van der Waals surface area contributed by atoms with Crippen LogP contribution in [0, 0.1) is 0 Å². The molecule has 0 aromatic carbocycles. The third-order valence-corrected chi connectivity index (χ3v) is 6.39. The third-order valence-electron chi connectivity index (χ3n) is 2.10. The molecular formula is C10H23F2P2+. The highest BCUT2D eigenvalue weighted by Gasteiger charge is 2.16. The van der Waals surface area contributed by atoms with Crippen LogP contribution in [0.4, 0.5) is 8.78 Å². The van der Waals surface area contributed by atoms with Crippen LogP contribution in [0.25, 0.3) is 0 Å². The van der Waals surface area contributed by atoms with Crippen LogP contribution in [-0.4, -0.2) is 11.8 Å². The first-order valence-electron chi connectivity index (χ1n) is 5.58. The molecule has 0 spiro atoms. The molecule has 0 aliphatic carbocycles. The second kappa shape index (κ2) is 10.2. The summed E-state index contributed by atoms with van der Waals surface area (Å²) in [4.78, 5) is 0. The molecule has 4 atom stereocenters. The van der Waals surface area contributed by atoms with Gasteiger partial charge in [-0.2, -0.15) is 0 Å². The molecule has 0 heterocycles. The molecule has 0 nitrogen and oxygen atoms in total. The largest absolute Gasteiger partial charge is 0.239 e. The van der Waals surface area contributed by atoms with Crippen molar-refractivity contribution in [3.05, 3.63) is 0 Å². The predicted molar refractivity (Wildman–Crippen MR) is 66.9 cm³/mol. The highest BCUT2D eigenvalue weighted by molar-refractivity contribution is 8.12. The summed E-state index contributed by atoms with van der Waals surface area (Å²) in [5, 5.41) is 0. The van der Waals surface area contributed by atoms with Gasteiger partial charge in [0.2, 0.25) is 5.91 Å². The second-order valence-corrected chi connectivity index (χ2v) is 7.62. The van der Waals surface area contributed by atoms with Crippen molar-refractivity contribution in [2.45, 2.75) is 64.2 Å². The predicted octanol–water partition coefficient (Wildman–Crippen LogP) is 4.96. The zero-order valence-corrected chi connectivity index (χ0v) is 11.4. The lowest BCUT2D eigenvalue weighted by Gasteiger charge is -2.05. The van der Waals surface area contributed by atoms with E-state index in [2.05, 4.69) is 13.8 Å². The van der Waals surface area contributed by atoms with Crippen molar-refractivity contribution in [2.75, 3.05) is 0 Å². The van der Waals surface area contributed by atoms with Crippen LogP contribution in [0.5, 0.6) is 0 Å². The van der Waals surface area contributed by atoms with Crippen molar-refractivity contribution in [1.29, 1.82) is 0 Å². The highest BCUT2D eigenvalue weighted by Crippen LogP contribution is 2.48. The van der Waals surface area contributed by atoms with Crippen molar-refractivity contribution in [3.63, 3.8) is 0 Å². The number of hydrogen-bond acceptors (Lipinski definition) is 0. The molecule has 0 aromatic rings. The fraction of sp³-hybridized carbons (Fsp3) is 1.00. The Morgan fingerprint density at radius 3 is 2.21 bits per heavy atom. The van der Waals surface area contributed by atoms with Crippen molar-refractivity contribution >= 4 is 16.5 Å². The van der Waals surface area contributed by atoms with Gasteiger partial charge in [-0.1, -0.05) is 33.1 Å². The van der Waals surface area contributed by atoms with Gasteiger partial charge in [0.25, 0.3) is 0 Å². The number of halogens is 2. The minimum Gasteiger partial charge on any atom is -0.239 e. The van der Waals surface area contributed by atoms with Crippen LogP contribution in [0.2, 0.25) is 0 Å². The minimum atomic E-state index is -0.718. The Kier molecular flexibility index (Phi) is 10.8. The Morgan fingerprint density at radius 1 is 1.07 bits per heavy atom. The maximum atomic E-state index is 13.1. The summed E-state index contributed by atoms with van der Waals surface area (Å²) in [6.07, 6.45) is 5.26. The molecule has 0 bridgehead atoms. The second-order valence-electron chi connectivity index (χ2n) is 3.60. The molecule has 0 saturated carbocycles. The normalized spacial score (nSPS) is 17.1. The van der Waals surface area contributed by atoms with Crippen molar-refractivity contribution in [1.82, 2.24) is 0 Å². The van der Waals surface area contributed by atoms with E-state index in [1.54, 1.807) is 0 Å². The molecule has 4 unspecified atom stereocenters. The standard InChI is InChI=1S/C10H22F2P2/c1-3-5-7-9(11)13-14-10(12)8-6-4-2/h9-10,13-14H,3-8H2,1-2H3/p+1. The molecule has 0 N–H and O–H groups in total. The maximum Gasteiger partial charge on any atom is 0.202 e. The topological polar surface area (TPSA) is 0 Å². The molecule has 0 fully saturated rings. The first-order valence-corrected chi connectivity index (χ1v) is 9.13. The van der Waals surface area contributed by atoms with Crippen LogP contribution in [0.3, 0.4) is 0 Å². The van der Waals surface area contributed by atoms with Crippen LogP contribution < -0.4 is 0 Å². The number of unbranched alkanes of at least 4 members (excludes halogenated alkanes) is 2. The lowest BCUT2D eigenvalue weighted by Crippen LogP contribution is -1.92. The molecule has 0 rings (SSSR count). The molecule has 0 radical (unpaired) electrons. The van der Waals surface area contributed by atoms with E-state index < -0.39 is 11.8 Å². The molecule has 0 aromatic heterocycles. The van der Waals surface area contributed by atoms with Gasteiger partial charge in [0, 0.05) is 14.7 Å². The molecule has 86 valence electrons. The van der Waals surface area contributed by atoms with Gasteiger partial charge in [-0.15, -0.1) is 0 Å². The zero-order chi connectivity index (χ0) is 10.8. The Bertz CT molecular complexity index is 109. The van der Waals surface area contributed by atoms with Crippen LogP contribution in [0.15, 0.2) is 0 Å². The van der Waals surface area contributed by atoms with E-state index in [1.807, 2.05) is 0 Å². The fourth-order valence-corrected chi connectivity index (χ4v) is 4.60. The van der Waals surface area contributed by atoms with Crippen LogP contribution in [0.1, 0.15) is 52.4 Å². The van der Waals surface area contributed by atoms with Gasteiger partial charge in [-0.05, 0) is 12.8 Å². The average molecular weight is 243 g/mol. The molecule has 0 aliphatic rings. The Balaban J connectivity index is 3.31. The van der Waals surface area contributed by atoms with E-state index in [1.165, 1.54) is 0 Å². The lowest BCUT2D eigenvalue weighted by atomic mass is 10.3. The van der Waals surface area contributed by atoms with Gasteiger partial charge >= 0.3 is 0 Å². The van der Waals surface area contributed by atoms with E-state index in [9.17, 15) is 8.78 Å². The molecular weight excluding hydrogens is 220 g/mol. The number of alkyl halides is 2. The minimum absolute atomic E-state index is 0.249. The zero-order valence-electron chi connectivity index (χ0n) is 9.23. The van der Waals surface area contributed by atoms with E-state index >= 15 is 0 Å². The number of hydrogen-bond donors (Lipinski definition) is 0. The quantitative estimate of drug-likeness (QED) is 0.502. The SMILES string of the molecule is CCCCC(F)P[PH2+]C(F)CCCC. The molecule has 0 saturated heterocycles. The summed E-state index contributed by atoms with van der Waals surface area (Å²) in [6, 6.07) is 0. The lowest BCUT2D eigenvalue weighted by molar-refractivity contribution is 0.410. The Hall–Kier alpha value is 0.720. The van der Waals surface area contributed by atoms with Crippen molar-refractivity contribution in [3.8, 4) is 0 Å². The fourth-order valence-electron chi connectivity index (χ4n) is 1.16. The average Bonchev–Trinajstić information content (AvgIpc) is 2.20. The van der Waals surface area contributed by atoms with Crippen molar-refractivity contribution < 1.29 is 8.78 Å². The Labute approximate surface area is 90.1 Å². The first kappa shape index (κ1) is 14.7. The summed E-state index contributed by atoms with van der Waals surface area (Å²) in [7, 11) is -0.0411. The molecule has 14 heavy (non-hydrogen) atoms. The molecule has 0 aliphatic heterocycles. The van der Waals surface area contributed by atoms with Crippen LogP contribution >= 0.6 is 16.5 Å². The summed E-state index contributed by atoms with van der Waals surface area (Å²) in [5.41, 5.74) is 0. The first-order chi connectivity index (χ1) is 6.70. The van der Waals surface area contributed by atoms with Crippen molar-refractivity contribution in [2.24, 2.45) is 0 Å². The van der Waals surface area contributed by atoms with Gasteiger partial charge in [0.05, 0.1) is 8.27 Å². The highest BCUT2D eigenvalue weighted by atomic mass is 32.0. The van der Waals surface area contributed by atoms with E-state index in [0.717, 1.165) is 25.7 Å². The maximum absolute atomic E-state index is 13.1. The Morgan fingerprint density at radius 2 is 1.64 bits per heavy atom.